The topological polar surface area (TPSA) is 51.2 Å². The average molecular weight is 438 g/mol. The molecule has 0 spiro atoms. The maximum atomic E-state index is 12.1. The van der Waals surface area contributed by atoms with Crippen molar-refractivity contribution in [2.75, 3.05) is 11.9 Å². The van der Waals surface area contributed by atoms with Crippen LogP contribution in [0.15, 0.2) is 53.0 Å². The van der Waals surface area contributed by atoms with E-state index < -0.39 is 0 Å². The van der Waals surface area contributed by atoms with Gasteiger partial charge in [0.2, 0.25) is 0 Å². The van der Waals surface area contributed by atoms with Crippen LogP contribution >= 0.6 is 38.9 Å². The molecule has 2 aromatic carbocycles. The summed E-state index contributed by atoms with van der Waals surface area (Å²) < 4.78 is 6.41. The van der Waals surface area contributed by atoms with Crippen molar-refractivity contribution in [1.29, 1.82) is 0 Å². The van der Waals surface area contributed by atoms with E-state index in [0.29, 0.717) is 15.9 Å². The molecule has 0 unspecified atom stereocenters. The number of aromatic nitrogens is 1. The van der Waals surface area contributed by atoms with Gasteiger partial charge in [-0.3, -0.25) is 10.1 Å². The molecule has 0 saturated heterocycles. The molecule has 25 heavy (non-hydrogen) atoms. The van der Waals surface area contributed by atoms with Gasteiger partial charge < -0.3 is 4.74 Å². The summed E-state index contributed by atoms with van der Waals surface area (Å²) >= 11 is 10.7. The van der Waals surface area contributed by atoms with Crippen molar-refractivity contribution in [3.05, 3.63) is 62.9 Å². The minimum Gasteiger partial charge on any atom is -0.484 e. The summed E-state index contributed by atoms with van der Waals surface area (Å²) in [4.78, 5) is 17.6. The molecular weight excluding hydrogens is 424 g/mol. The second kappa shape index (κ2) is 7.99. The van der Waals surface area contributed by atoms with E-state index in [1.807, 2.05) is 43.3 Å². The Kier molecular flexibility index (Phi) is 5.73. The van der Waals surface area contributed by atoms with E-state index in [1.54, 1.807) is 12.1 Å². The number of halogens is 2. The van der Waals surface area contributed by atoms with Crippen molar-refractivity contribution in [3.8, 4) is 17.0 Å². The summed E-state index contributed by atoms with van der Waals surface area (Å²) in [7, 11) is 0. The first-order valence-electron chi connectivity index (χ1n) is 7.43. The highest BCUT2D eigenvalue weighted by Crippen LogP contribution is 2.31. The number of thiazole rings is 1. The lowest BCUT2D eigenvalue weighted by Crippen LogP contribution is -2.20. The van der Waals surface area contributed by atoms with Gasteiger partial charge >= 0.3 is 0 Å². The van der Waals surface area contributed by atoms with Crippen molar-refractivity contribution in [2.24, 2.45) is 0 Å². The number of nitrogens with one attached hydrogen (secondary N) is 1. The predicted molar refractivity (Wildman–Crippen MR) is 106 cm³/mol. The fourth-order valence-corrected chi connectivity index (χ4v) is 3.40. The smallest absolute Gasteiger partial charge is 0.264 e. The number of amides is 1. The summed E-state index contributed by atoms with van der Waals surface area (Å²) in [6, 6.07) is 14.8. The molecule has 0 saturated carbocycles. The highest BCUT2D eigenvalue weighted by atomic mass is 79.9. The van der Waals surface area contributed by atoms with Crippen LogP contribution in [0.1, 0.15) is 4.88 Å². The Bertz CT molecular complexity index is 879. The van der Waals surface area contributed by atoms with Gasteiger partial charge in [-0.1, -0.05) is 39.7 Å². The average Bonchev–Trinajstić information content (AvgIpc) is 2.95. The number of carbonyl (C=O) groups excluding carboxylic acids is 1. The molecule has 4 nitrogen and oxygen atoms in total. The first-order valence-corrected chi connectivity index (χ1v) is 9.41. The number of carbonyl (C=O) groups is 1. The Hall–Kier alpha value is -1.89. The first kappa shape index (κ1) is 17.9. The lowest BCUT2D eigenvalue weighted by molar-refractivity contribution is -0.118. The van der Waals surface area contributed by atoms with Crippen LogP contribution < -0.4 is 10.1 Å². The van der Waals surface area contributed by atoms with Crippen LogP contribution in [0.25, 0.3) is 11.3 Å². The lowest BCUT2D eigenvalue weighted by Gasteiger charge is -2.05. The van der Waals surface area contributed by atoms with Crippen molar-refractivity contribution in [3.63, 3.8) is 0 Å². The Morgan fingerprint density at radius 1 is 1.20 bits per heavy atom. The van der Waals surface area contributed by atoms with Crippen LogP contribution in [-0.4, -0.2) is 17.5 Å². The van der Waals surface area contributed by atoms with Crippen LogP contribution in [0.3, 0.4) is 0 Å². The van der Waals surface area contributed by atoms with Crippen LogP contribution in [-0.2, 0) is 4.79 Å². The van der Waals surface area contributed by atoms with Gasteiger partial charge in [0.25, 0.3) is 5.91 Å². The minimum atomic E-state index is -0.251. The van der Waals surface area contributed by atoms with Gasteiger partial charge in [-0.15, -0.1) is 11.3 Å². The fourth-order valence-electron chi connectivity index (χ4n) is 2.16. The molecule has 1 N–H and O–H groups in total. The standard InChI is InChI=1S/C18H14BrClN2O2S/c1-11-17(12-2-6-14(20)7-3-12)22-18(25-11)21-16(23)10-24-15-8-4-13(19)5-9-15/h2-9H,10H2,1H3,(H,21,22,23). The second-order valence-electron chi connectivity index (χ2n) is 5.22. The molecule has 0 aliphatic heterocycles. The number of hydrogen-bond acceptors (Lipinski definition) is 4. The van der Waals surface area contributed by atoms with Gasteiger partial charge in [0.15, 0.2) is 11.7 Å². The highest BCUT2D eigenvalue weighted by Gasteiger charge is 2.12. The zero-order valence-corrected chi connectivity index (χ0v) is 16.4. The summed E-state index contributed by atoms with van der Waals surface area (Å²) in [5.41, 5.74) is 1.80. The Morgan fingerprint density at radius 2 is 1.88 bits per heavy atom. The number of hydrogen-bond donors (Lipinski definition) is 1. The third-order valence-electron chi connectivity index (χ3n) is 3.34. The Balaban J connectivity index is 1.62. The molecule has 0 radical (unpaired) electrons. The third-order valence-corrected chi connectivity index (χ3v) is 5.01. The highest BCUT2D eigenvalue weighted by molar-refractivity contribution is 9.10. The Morgan fingerprint density at radius 3 is 2.56 bits per heavy atom. The number of nitrogens with zero attached hydrogens (tertiary/aromatic N) is 1. The van der Waals surface area contributed by atoms with E-state index in [-0.39, 0.29) is 12.5 Å². The number of aryl methyl sites for hydroxylation is 1. The van der Waals surface area contributed by atoms with E-state index in [9.17, 15) is 4.79 Å². The molecular formula is C18H14BrClN2O2S. The molecule has 0 aliphatic rings. The van der Waals surface area contributed by atoms with Crippen molar-refractivity contribution in [1.82, 2.24) is 4.98 Å². The zero-order valence-electron chi connectivity index (χ0n) is 13.3. The SMILES string of the molecule is Cc1sc(NC(=O)COc2ccc(Br)cc2)nc1-c1ccc(Cl)cc1. The van der Waals surface area contributed by atoms with E-state index in [1.165, 1.54) is 11.3 Å². The largest absolute Gasteiger partial charge is 0.484 e. The number of anilines is 1. The van der Waals surface area contributed by atoms with E-state index >= 15 is 0 Å². The van der Waals surface area contributed by atoms with Gasteiger partial charge in [0.05, 0.1) is 5.69 Å². The maximum absolute atomic E-state index is 12.1. The summed E-state index contributed by atoms with van der Waals surface area (Å²) in [5.74, 6) is 0.384. The van der Waals surface area contributed by atoms with Crippen LogP contribution in [0.4, 0.5) is 5.13 Å². The molecule has 1 heterocycles. The maximum Gasteiger partial charge on any atom is 0.264 e. The molecule has 1 amide bonds. The number of rotatable bonds is 5. The molecule has 1 aromatic heterocycles. The minimum absolute atomic E-state index is 0.0729. The van der Waals surface area contributed by atoms with E-state index in [4.69, 9.17) is 16.3 Å². The molecule has 0 fully saturated rings. The fraction of sp³-hybridized carbons (Fsp3) is 0.111. The molecule has 3 rings (SSSR count). The molecule has 128 valence electrons. The normalized spacial score (nSPS) is 10.5. The number of ether oxygens (including phenoxy) is 1. The van der Waals surface area contributed by atoms with Gasteiger partial charge in [-0.2, -0.15) is 0 Å². The van der Waals surface area contributed by atoms with Crippen molar-refractivity contribution in [2.45, 2.75) is 6.92 Å². The predicted octanol–water partition coefficient (Wildman–Crippen LogP) is 5.55. The molecule has 0 aliphatic carbocycles. The molecule has 7 heteroatoms. The second-order valence-corrected chi connectivity index (χ2v) is 7.78. The summed E-state index contributed by atoms with van der Waals surface area (Å²) in [6.07, 6.45) is 0. The van der Waals surface area contributed by atoms with Crippen LogP contribution in [0.5, 0.6) is 5.75 Å². The monoisotopic (exact) mass is 436 g/mol. The van der Waals surface area contributed by atoms with Gasteiger partial charge in [-0.25, -0.2) is 4.98 Å². The van der Waals surface area contributed by atoms with E-state index in [2.05, 4.69) is 26.2 Å². The third kappa shape index (κ3) is 4.81. The molecule has 3 aromatic rings. The van der Waals surface area contributed by atoms with Gasteiger partial charge in [0.1, 0.15) is 5.75 Å². The van der Waals surface area contributed by atoms with E-state index in [0.717, 1.165) is 20.6 Å². The molecule has 0 bridgehead atoms. The quantitative estimate of drug-likeness (QED) is 0.569. The van der Waals surface area contributed by atoms with Crippen molar-refractivity contribution < 1.29 is 9.53 Å². The van der Waals surface area contributed by atoms with Gasteiger partial charge in [-0.05, 0) is 43.3 Å². The first-order chi connectivity index (χ1) is 12.0. The molecule has 0 atom stereocenters. The lowest BCUT2D eigenvalue weighted by atomic mass is 10.1. The zero-order chi connectivity index (χ0) is 17.8. The summed E-state index contributed by atoms with van der Waals surface area (Å²) in [5, 5.41) is 4.00. The van der Waals surface area contributed by atoms with Gasteiger partial charge in [0, 0.05) is 19.9 Å². The van der Waals surface area contributed by atoms with Crippen molar-refractivity contribution >= 4 is 49.9 Å². The number of benzene rings is 2. The Labute approximate surface area is 162 Å². The van der Waals surface area contributed by atoms with Crippen LogP contribution in [0.2, 0.25) is 5.02 Å². The van der Waals surface area contributed by atoms with Crippen LogP contribution in [0, 0.1) is 6.92 Å². The summed E-state index contributed by atoms with van der Waals surface area (Å²) in [6.45, 7) is 1.89.